The van der Waals surface area contributed by atoms with E-state index in [1.807, 2.05) is 11.3 Å². The van der Waals surface area contributed by atoms with Gasteiger partial charge in [-0.1, -0.05) is 0 Å². The minimum atomic E-state index is 0.522. The van der Waals surface area contributed by atoms with Crippen molar-refractivity contribution in [2.75, 3.05) is 26.7 Å². The molecule has 1 fully saturated rings. The predicted molar refractivity (Wildman–Crippen MR) is 78.7 cm³/mol. The Morgan fingerprint density at radius 3 is 3.00 bits per heavy atom. The Kier molecular flexibility index (Phi) is 5.03. The van der Waals surface area contributed by atoms with Gasteiger partial charge in [0.25, 0.3) is 0 Å². The zero-order valence-electron chi connectivity index (χ0n) is 10.6. The highest BCUT2D eigenvalue weighted by atomic mass is 79.9. The minimum Gasteiger partial charge on any atom is -0.316 e. The number of piperidine rings is 1. The Morgan fingerprint density at radius 2 is 2.41 bits per heavy atom. The number of hydrogen-bond acceptors (Lipinski definition) is 3. The molecule has 1 aromatic rings. The summed E-state index contributed by atoms with van der Waals surface area (Å²) < 4.78 is 1.23. The third kappa shape index (κ3) is 3.78. The molecule has 0 radical (unpaired) electrons. The third-order valence-electron chi connectivity index (χ3n) is 3.61. The summed E-state index contributed by atoms with van der Waals surface area (Å²) in [5, 5.41) is 3.49. The van der Waals surface area contributed by atoms with Crippen LogP contribution in [0.15, 0.2) is 15.9 Å². The standard InChI is InChI=1S/C13H21BrN2S/c1-10(12-5-6-13(14)17-12)16(2)9-11-4-3-7-15-8-11/h5-6,10-11,15H,3-4,7-9H2,1-2H3. The summed E-state index contributed by atoms with van der Waals surface area (Å²) in [4.78, 5) is 3.93. The molecule has 96 valence electrons. The number of nitrogens with one attached hydrogen (secondary N) is 1. The quantitative estimate of drug-likeness (QED) is 0.914. The average Bonchev–Trinajstić information content (AvgIpc) is 2.76. The molecule has 1 aliphatic rings. The molecule has 0 saturated carbocycles. The van der Waals surface area contributed by atoms with Crippen molar-refractivity contribution < 1.29 is 0 Å². The van der Waals surface area contributed by atoms with Crippen molar-refractivity contribution in [3.8, 4) is 0 Å². The third-order valence-corrected chi connectivity index (χ3v) is 5.41. The fraction of sp³-hybridized carbons (Fsp3) is 0.692. The van der Waals surface area contributed by atoms with Crippen LogP contribution in [0.4, 0.5) is 0 Å². The van der Waals surface area contributed by atoms with Crippen LogP contribution in [-0.4, -0.2) is 31.6 Å². The molecule has 1 aliphatic heterocycles. The first-order chi connectivity index (χ1) is 8.16. The van der Waals surface area contributed by atoms with Gasteiger partial charge in [-0.3, -0.25) is 4.90 Å². The molecule has 2 heterocycles. The van der Waals surface area contributed by atoms with Crippen molar-refractivity contribution in [2.45, 2.75) is 25.8 Å². The Bertz CT molecular complexity index is 347. The van der Waals surface area contributed by atoms with Crippen LogP contribution in [0.1, 0.15) is 30.7 Å². The molecule has 1 N–H and O–H groups in total. The molecule has 0 spiro atoms. The van der Waals surface area contributed by atoms with Crippen LogP contribution in [0.25, 0.3) is 0 Å². The van der Waals surface area contributed by atoms with E-state index >= 15 is 0 Å². The normalized spacial score (nSPS) is 22.9. The van der Waals surface area contributed by atoms with Crippen molar-refractivity contribution in [1.29, 1.82) is 0 Å². The van der Waals surface area contributed by atoms with Crippen LogP contribution >= 0.6 is 27.3 Å². The fourth-order valence-electron chi connectivity index (χ4n) is 2.42. The van der Waals surface area contributed by atoms with Crippen LogP contribution < -0.4 is 5.32 Å². The van der Waals surface area contributed by atoms with E-state index in [4.69, 9.17) is 0 Å². The van der Waals surface area contributed by atoms with Crippen molar-refractivity contribution in [3.05, 3.63) is 20.8 Å². The fourth-order valence-corrected chi connectivity index (χ4v) is 3.96. The molecule has 1 saturated heterocycles. The van der Waals surface area contributed by atoms with Gasteiger partial charge in [0.2, 0.25) is 0 Å². The first-order valence-corrected chi connectivity index (χ1v) is 7.94. The van der Waals surface area contributed by atoms with Gasteiger partial charge in [0.15, 0.2) is 0 Å². The lowest BCUT2D eigenvalue weighted by molar-refractivity contribution is 0.201. The molecule has 0 amide bonds. The number of halogens is 1. The van der Waals surface area contributed by atoms with E-state index in [0.717, 1.165) is 5.92 Å². The molecule has 4 heteroatoms. The number of thiophene rings is 1. The summed E-state index contributed by atoms with van der Waals surface area (Å²) in [6.07, 6.45) is 2.70. The van der Waals surface area contributed by atoms with Crippen molar-refractivity contribution in [2.24, 2.45) is 5.92 Å². The lowest BCUT2D eigenvalue weighted by Gasteiger charge is -2.30. The summed E-state index contributed by atoms with van der Waals surface area (Å²) in [5.41, 5.74) is 0. The Labute approximate surface area is 117 Å². The van der Waals surface area contributed by atoms with Gasteiger partial charge < -0.3 is 5.32 Å². The molecular weight excluding hydrogens is 296 g/mol. The van der Waals surface area contributed by atoms with Crippen LogP contribution in [0, 0.1) is 5.92 Å². The smallest absolute Gasteiger partial charge is 0.0701 e. The average molecular weight is 317 g/mol. The summed E-state index contributed by atoms with van der Waals surface area (Å²) >= 11 is 5.38. The number of hydrogen-bond donors (Lipinski definition) is 1. The lowest BCUT2D eigenvalue weighted by atomic mass is 9.98. The molecular formula is C13H21BrN2S. The molecule has 2 nitrogen and oxygen atoms in total. The van der Waals surface area contributed by atoms with Crippen molar-refractivity contribution in [1.82, 2.24) is 10.2 Å². The minimum absolute atomic E-state index is 0.522. The maximum atomic E-state index is 3.54. The Morgan fingerprint density at radius 1 is 1.59 bits per heavy atom. The first-order valence-electron chi connectivity index (χ1n) is 6.33. The maximum Gasteiger partial charge on any atom is 0.0701 e. The van der Waals surface area contributed by atoms with E-state index in [0.29, 0.717) is 6.04 Å². The Hall–Kier alpha value is 0.1000. The van der Waals surface area contributed by atoms with Gasteiger partial charge in [0.05, 0.1) is 3.79 Å². The van der Waals surface area contributed by atoms with E-state index in [2.05, 4.69) is 52.3 Å². The highest BCUT2D eigenvalue weighted by molar-refractivity contribution is 9.11. The predicted octanol–water partition coefficient (Wildman–Crippen LogP) is 3.50. The van der Waals surface area contributed by atoms with Crippen LogP contribution in [-0.2, 0) is 0 Å². The van der Waals surface area contributed by atoms with E-state index < -0.39 is 0 Å². The maximum absolute atomic E-state index is 3.54. The van der Waals surface area contributed by atoms with E-state index in [-0.39, 0.29) is 0 Å². The van der Waals surface area contributed by atoms with Gasteiger partial charge in [-0.05, 0) is 73.9 Å². The second-order valence-corrected chi connectivity index (χ2v) is 7.46. The zero-order chi connectivity index (χ0) is 12.3. The highest BCUT2D eigenvalue weighted by Crippen LogP contribution is 2.30. The molecule has 2 rings (SSSR count). The Balaban J connectivity index is 1.88. The second-order valence-electron chi connectivity index (χ2n) is 4.97. The van der Waals surface area contributed by atoms with Crippen molar-refractivity contribution >= 4 is 27.3 Å². The highest BCUT2D eigenvalue weighted by Gasteiger charge is 2.19. The first kappa shape index (κ1) is 13.5. The van der Waals surface area contributed by atoms with E-state index in [9.17, 15) is 0 Å². The van der Waals surface area contributed by atoms with Gasteiger partial charge in [-0.2, -0.15) is 0 Å². The van der Waals surface area contributed by atoms with Gasteiger partial charge in [-0.15, -0.1) is 11.3 Å². The lowest BCUT2D eigenvalue weighted by Crippen LogP contribution is -2.37. The zero-order valence-corrected chi connectivity index (χ0v) is 13.0. The number of nitrogens with zero attached hydrogens (tertiary/aromatic N) is 1. The summed E-state index contributed by atoms with van der Waals surface area (Å²) in [5.74, 6) is 0.819. The van der Waals surface area contributed by atoms with Gasteiger partial charge in [-0.25, -0.2) is 0 Å². The molecule has 2 unspecified atom stereocenters. The van der Waals surface area contributed by atoms with Crippen LogP contribution in [0.2, 0.25) is 0 Å². The summed E-state index contributed by atoms with van der Waals surface area (Å²) in [7, 11) is 2.24. The van der Waals surface area contributed by atoms with Gasteiger partial charge >= 0.3 is 0 Å². The molecule has 2 atom stereocenters. The van der Waals surface area contributed by atoms with Gasteiger partial charge in [0, 0.05) is 17.5 Å². The van der Waals surface area contributed by atoms with Crippen LogP contribution in [0.3, 0.4) is 0 Å². The molecule has 0 bridgehead atoms. The topological polar surface area (TPSA) is 15.3 Å². The van der Waals surface area contributed by atoms with Crippen LogP contribution in [0.5, 0.6) is 0 Å². The number of rotatable bonds is 4. The molecule has 0 aliphatic carbocycles. The van der Waals surface area contributed by atoms with E-state index in [1.54, 1.807) is 0 Å². The second kappa shape index (κ2) is 6.32. The van der Waals surface area contributed by atoms with E-state index in [1.165, 1.54) is 41.1 Å². The monoisotopic (exact) mass is 316 g/mol. The molecule has 0 aromatic carbocycles. The summed E-state index contributed by atoms with van der Waals surface area (Å²) in [6, 6.07) is 4.90. The SMILES string of the molecule is CC(c1ccc(Br)s1)N(C)CC1CCCNC1. The van der Waals surface area contributed by atoms with Gasteiger partial charge in [0.1, 0.15) is 0 Å². The molecule has 17 heavy (non-hydrogen) atoms. The largest absolute Gasteiger partial charge is 0.316 e. The van der Waals surface area contributed by atoms with Crippen molar-refractivity contribution in [3.63, 3.8) is 0 Å². The summed E-state index contributed by atoms with van der Waals surface area (Å²) in [6.45, 7) is 5.89. The molecule has 1 aromatic heterocycles.